The third-order valence-electron chi connectivity index (χ3n) is 5.19. The molecule has 5 nitrogen and oxygen atoms in total. The van der Waals surface area contributed by atoms with Crippen LogP contribution in [-0.4, -0.2) is 17.5 Å². The predicted octanol–water partition coefficient (Wildman–Crippen LogP) is 8.18. The minimum Gasteiger partial charge on any atom is -0.494 e. The molecular formula is C26H38N4OS. The maximum absolute atomic E-state index is 7.17. The third-order valence-corrected chi connectivity index (χ3v) is 5.99. The number of rotatable bonds is 16. The number of azo groups is 1. The number of nitrogens with two attached hydrogens (primary N) is 1. The van der Waals surface area contributed by atoms with E-state index in [0.29, 0.717) is 6.61 Å². The van der Waals surface area contributed by atoms with Gasteiger partial charge in [-0.2, -0.15) is 10.2 Å². The largest absolute Gasteiger partial charge is 0.494 e. The average molecular weight is 455 g/mol. The van der Waals surface area contributed by atoms with Crippen LogP contribution >= 0.6 is 11.8 Å². The Morgan fingerprint density at radius 2 is 1.41 bits per heavy atom. The van der Waals surface area contributed by atoms with E-state index < -0.39 is 0 Å². The van der Waals surface area contributed by atoms with Crippen molar-refractivity contribution in [1.29, 1.82) is 5.41 Å². The van der Waals surface area contributed by atoms with E-state index in [2.05, 4.69) is 29.3 Å². The van der Waals surface area contributed by atoms with Crippen LogP contribution in [0.3, 0.4) is 0 Å². The number of ether oxygens (including phenoxy) is 1. The van der Waals surface area contributed by atoms with Gasteiger partial charge in [0, 0.05) is 5.75 Å². The monoisotopic (exact) mass is 454 g/mol. The van der Waals surface area contributed by atoms with E-state index in [4.69, 9.17) is 15.9 Å². The summed E-state index contributed by atoms with van der Waals surface area (Å²) in [6.07, 6.45) is 12.2. The number of benzene rings is 2. The molecule has 0 fully saturated rings. The number of hydrogen-bond donors (Lipinski definition) is 2. The highest BCUT2D eigenvalue weighted by Crippen LogP contribution is 2.22. The molecule has 0 saturated carbocycles. The lowest BCUT2D eigenvalue weighted by Gasteiger charge is -2.06. The topological polar surface area (TPSA) is 83.8 Å². The summed E-state index contributed by atoms with van der Waals surface area (Å²) in [5, 5.41) is 16.1. The molecule has 0 bridgehead atoms. The Morgan fingerprint density at radius 3 is 2.06 bits per heavy atom. The predicted molar refractivity (Wildman–Crippen MR) is 138 cm³/mol. The second kappa shape index (κ2) is 16.3. The van der Waals surface area contributed by atoms with Crippen molar-refractivity contribution in [2.75, 3.05) is 12.4 Å². The van der Waals surface area contributed by atoms with Crippen molar-refractivity contribution in [3.63, 3.8) is 0 Å². The Labute approximate surface area is 197 Å². The summed E-state index contributed by atoms with van der Waals surface area (Å²) in [6, 6.07) is 16.1. The molecule has 0 radical (unpaired) electrons. The van der Waals surface area contributed by atoms with Crippen molar-refractivity contribution in [2.24, 2.45) is 16.0 Å². The van der Waals surface area contributed by atoms with E-state index in [1.165, 1.54) is 55.9 Å². The molecule has 0 atom stereocenters. The van der Waals surface area contributed by atoms with E-state index in [1.54, 1.807) is 0 Å². The molecule has 0 aliphatic rings. The number of aryl methyl sites for hydroxylation is 1. The number of nitrogens with one attached hydrogen (secondary N) is 1. The van der Waals surface area contributed by atoms with Crippen molar-refractivity contribution < 1.29 is 4.74 Å². The molecule has 2 rings (SSSR count). The summed E-state index contributed by atoms with van der Waals surface area (Å²) in [4.78, 5) is 0. The fraction of sp³-hybridized carbons (Fsp3) is 0.500. The number of amidine groups is 1. The molecule has 0 aliphatic carbocycles. The molecule has 0 unspecified atom stereocenters. The fourth-order valence-corrected chi connectivity index (χ4v) is 3.88. The quantitative estimate of drug-likeness (QED) is 0.116. The molecule has 3 N–H and O–H groups in total. The third kappa shape index (κ3) is 11.9. The maximum atomic E-state index is 7.17. The Hall–Kier alpha value is -2.34. The molecule has 0 saturated heterocycles. The summed E-state index contributed by atoms with van der Waals surface area (Å²) in [5.41, 5.74) is 8.38. The first-order valence-electron chi connectivity index (χ1n) is 11.9. The zero-order chi connectivity index (χ0) is 22.9. The molecule has 0 aliphatic heterocycles. The first-order valence-corrected chi connectivity index (χ1v) is 12.9. The molecule has 2 aromatic rings. The Balaban J connectivity index is 1.65. The smallest absolute Gasteiger partial charge is 0.151 e. The van der Waals surface area contributed by atoms with Crippen molar-refractivity contribution in [1.82, 2.24) is 0 Å². The Morgan fingerprint density at radius 1 is 0.812 bits per heavy atom. The normalized spacial score (nSPS) is 11.2. The van der Waals surface area contributed by atoms with Crippen LogP contribution in [0.1, 0.15) is 70.3 Å². The van der Waals surface area contributed by atoms with E-state index >= 15 is 0 Å². The summed E-state index contributed by atoms with van der Waals surface area (Å²) in [6.45, 7) is 2.95. The van der Waals surface area contributed by atoms with Crippen LogP contribution in [-0.2, 0) is 6.42 Å². The van der Waals surface area contributed by atoms with Gasteiger partial charge in [0.2, 0.25) is 0 Å². The first kappa shape index (κ1) is 25.9. The first-order chi connectivity index (χ1) is 15.7. The Bertz CT molecular complexity index is 790. The lowest BCUT2D eigenvalue weighted by atomic mass is 10.0. The van der Waals surface area contributed by atoms with Crippen LogP contribution in [0.4, 0.5) is 11.4 Å². The van der Waals surface area contributed by atoms with Crippen LogP contribution in [0.25, 0.3) is 0 Å². The molecule has 0 amide bonds. The standard InChI is InChI=1S/C26H38N4OS/c1-2-3-4-5-6-8-11-22-12-14-23(15-13-22)29-30-24-16-18-25(19-17-24)31-20-9-7-10-21-32-26(27)28/h12-19H,2-11,20-21H2,1H3,(H3,27,28). The minimum absolute atomic E-state index is 0.194. The number of hydrogen-bond acceptors (Lipinski definition) is 5. The number of thioether (sulfide) groups is 1. The van der Waals surface area contributed by atoms with Gasteiger partial charge in [0.25, 0.3) is 0 Å². The van der Waals surface area contributed by atoms with Crippen molar-refractivity contribution >= 4 is 28.3 Å². The second-order valence-electron chi connectivity index (χ2n) is 8.00. The highest BCUT2D eigenvalue weighted by atomic mass is 32.2. The van der Waals surface area contributed by atoms with Gasteiger partial charge in [-0.25, -0.2) is 0 Å². The van der Waals surface area contributed by atoms with Gasteiger partial charge in [-0.05, 0) is 74.1 Å². The molecular weight excluding hydrogens is 416 g/mol. The van der Waals surface area contributed by atoms with Gasteiger partial charge in [0.05, 0.1) is 18.0 Å². The van der Waals surface area contributed by atoms with Gasteiger partial charge in [-0.3, -0.25) is 5.41 Å². The molecule has 32 heavy (non-hydrogen) atoms. The fourth-order valence-electron chi connectivity index (χ4n) is 3.32. The van der Waals surface area contributed by atoms with Gasteiger partial charge in [0.15, 0.2) is 5.17 Å². The van der Waals surface area contributed by atoms with Crippen molar-refractivity contribution in [2.45, 2.75) is 71.1 Å². The van der Waals surface area contributed by atoms with E-state index in [0.717, 1.165) is 48.6 Å². The minimum atomic E-state index is 0.194. The second-order valence-corrected chi connectivity index (χ2v) is 9.14. The van der Waals surface area contributed by atoms with Crippen molar-refractivity contribution in [3.05, 3.63) is 54.1 Å². The van der Waals surface area contributed by atoms with Crippen LogP contribution < -0.4 is 10.5 Å². The number of unbranched alkanes of at least 4 members (excludes halogenated alkanes) is 7. The summed E-state index contributed by atoms with van der Waals surface area (Å²) < 4.78 is 5.78. The molecule has 0 spiro atoms. The lowest BCUT2D eigenvalue weighted by molar-refractivity contribution is 0.306. The zero-order valence-corrected chi connectivity index (χ0v) is 20.2. The van der Waals surface area contributed by atoms with Gasteiger partial charge in [0.1, 0.15) is 5.75 Å². The van der Waals surface area contributed by atoms with Gasteiger partial charge in [-0.1, -0.05) is 62.9 Å². The zero-order valence-electron chi connectivity index (χ0n) is 19.4. The summed E-state index contributed by atoms with van der Waals surface area (Å²) in [5.74, 6) is 1.75. The Kier molecular flexibility index (Phi) is 13.2. The van der Waals surface area contributed by atoms with E-state index in [9.17, 15) is 0 Å². The van der Waals surface area contributed by atoms with Crippen LogP contribution in [0, 0.1) is 5.41 Å². The lowest BCUT2D eigenvalue weighted by Crippen LogP contribution is -2.04. The highest BCUT2D eigenvalue weighted by Gasteiger charge is 1.98. The molecule has 6 heteroatoms. The summed E-state index contributed by atoms with van der Waals surface area (Å²) >= 11 is 1.40. The van der Waals surface area contributed by atoms with Crippen LogP contribution in [0.5, 0.6) is 5.75 Å². The average Bonchev–Trinajstić information content (AvgIpc) is 2.80. The van der Waals surface area contributed by atoms with Crippen molar-refractivity contribution in [3.8, 4) is 5.75 Å². The van der Waals surface area contributed by atoms with Crippen LogP contribution in [0.15, 0.2) is 58.8 Å². The maximum Gasteiger partial charge on any atom is 0.151 e. The van der Waals surface area contributed by atoms with Gasteiger partial charge < -0.3 is 10.5 Å². The number of nitrogens with zero attached hydrogens (tertiary/aromatic N) is 2. The molecule has 2 aromatic carbocycles. The van der Waals surface area contributed by atoms with E-state index in [-0.39, 0.29) is 5.17 Å². The van der Waals surface area contributed by atoms with Gasteiger partial charge in [-0.15, -0.1) is 0 Å². The molecule has 0 heterocycles. The molecule has 0 aromatic heterocycles. The van der Waals surface area contributed by atoms with Gasteiger partial charge >= 0.3 is 0 Å². The SMILES string of the molecule is CCCCCCCCc1ccc(N=Nc2ccc(OCCCCCSC(=N)N)cc2)cc1. The van der Waals surface area contributed by atoms with E-state index in [1.807, 2.05) is 36.4 Å². The summed E-state index contributed by atoms with van der Waals surface area (Å²) in [7, 11) is 0. The highest BCUT2D eigenvalue weighted by molar-refractivity contribution is 8.13. The molecule has 174 valence electrons. The van der Waals surface area contributed by atoms with Crippen LogP contribution in [0.2, 0.25) is 0 Å².